The van der Waals surface area contributed by atoms with Crippen LogP contribution in [-0.4, -0.2) is 76.6 Å². The molecule has 0 unspecified atom stereocenters. The van der Waals surface area contributed by atoms with Crippen molar-refractivity contribution in [2.45, 2.75) is 43.5 Å². The molecule has 10 heteroatoms. The van der Waals surface area contributed by atoms with E-state index in [1.807, 2.05) is 12.1 Å². The molecule has 1 heterocycles. The van der Waals surface area contributed by atoms with Gasteiger partial charge in [0.15, 0.2) is 5.78 Å². The number of aromatic hydroxyl groups is 1. The number of ether oxygens (including phenoxy) is 4. The second kappa shape index (κ2) is 12.7. The molecule has 3 aromatic rings. The molecule has 206 valence electrons. The minimum Gasteiger partial charge on any atom is -0.507 e. The van der Waals surface area contributed by atoms with Crippen molar-refractivity contribution in [1.29, 1.82) is 0 Å². The second-order valence-electron chi connectivity index (χ2n) is 9.02. The monoisotopic (exact) mass is 538 g/mol. The first-order chi connectivity index (χ1) is 18.8. The van der Waals surface area contributed by atoms with Crippen LogP contribution in [0, 0.1) is 0 Å². The van der Waals surface area contributed by atoms with E-state index in [1.54, 1.807) is 49.6 Å². The summed E-state index contributed by atoms with van der Waals surface area (Å²) in [6.45, 7) is -0.438. The van der Waals surface area contributed by atoms with Crippen LogP contribution in [0.25, 0.3) is 0 Å². The number of hydrogen-bond donors (Lipinski definition) is 4. The van der Waals surface area contributed by atoms with Gasteiger partial charge in [-0.2, -0.15) is 0 Å². The number of carbonyl (C=O) groups is 2. The number of aliphatic hydroxyl groups excluding tert-OH is 3. The van der Waals surface area contributed by atoms with Gasteiger partial charge in [0.1, 0.15) is 53.8 Å². The summed E-state index contributed by atoms with van der Waals surface area (Å²) in [5, 5.41) is 41.8. The zero-order valence-corrected chi connectivity index (χ0v) is 21.2. The lowest BCUT2D eigenvalue weighted by atomic mass is 9.99. The number of aliphatic hydroxyl groups is 3. The number of aryl methyl sites for hydroxylation is 1. The standard InChI is InChI=1S/C29H30O10/c1-36-19-13-10-17(11-14-19)12-15-21(31)24-20(30)8-5-9-22(24)38-29-27(34)26(33)25(32)23(39-29)16-37-28(35)18-6-3-2-4-7-18/h2-11,13-14,23,25-27,29-30,32-34H,12,15-16H2,1H3/t23-,25-,26+,27-,29-/m1/s1. The van der Waals surface area contributed by atoms with Crippen LogP contribution in [0.15, 0.2) is 72.8 Å². The molecule has 3 aromatic carbocycles. The zero-order chi connectivity index (χ0) is 27.9. The summed E-state index contributed by atoms with van der Waals surface area (Å²) in [6, 6.07) is 19.6. The van der Waals surface area contributed by atoms with Crippen LogP contribution in [0.1, 0.15) is 32.7 Å². The Morgan fingerprint density at radius 2 is 1.59 bits per heavy atom. The topological polar surface area (TPSA) is 152 Å². The fraction of sp³-hybridized carbons (Fsp3) is 0.310. The fourth-order valence-electron chi connectivity index (χ4n) is 4.17. The van der Waals surface area contributed by atoms with E-state index >= 15 is 0 Å². The van der Waals surface area contributed by atoms with Crippen LogP contribution in [0.5, 0.6) is 17.2 Å². The van der Waals surface area contributed by atoms with Crippen molar-refractivity contribution in [3.05, 3.63) is 89.5 Å². The lowest BCUT2D eigenvalue weighted by Crippen LogP contribution is -2.60. The van der Waals surface area contributed by atoms with E-state index in [2.05, 4.69) is 0 Å². The number of esters is 1. The van der Waals surface area contributed by atoms with Crippen LogP contribution in [0.2, 0.25) is 0 Å². The van der Waals surface area contributed by atoms with Crippen LogP contribution in [-0.2, 0) is 15.9 Å². The number of benzene rings is 3. The molecule has 1 fully saturated rings. The van der Waals surface area contributed by atoms with Gasteiger partial charge >= 0.3 is 5.97 Å². The summed E-state index contributed by atoms with van der Waals surface area (Å²) >= 11 is 0. The van der Waals surface area contributed by atoms with Crippen molar-refractivity contribution in [2.24, 2.45) is 0 Å². The predicted octanol–water partition coefficient (Wildman–Crippen LogP) is 2.26. The van der Waals surface area contributed by atoms with Crippen molar-refractivity contribution in [3.63, 3.8) is 0 Å². The third kappa shape index (κ3) is 6.73. The number of rotatable bonds is 10. The molecular weight excluding hydrogens is 508 g/mol. The van der Waals surface area contributed by atoms with Gasteiger partial charge < -0.3 is 39.4 Å². The first-order valence-corrected chi connectivity index (χ1v) is 12.3. The lowest BCUT2D eigenvalue weighted by molar-refractivity contribution is -0.277. The van der Waals surface area contributed by atoms with Crippen molar-refractivity contribution in [3.8, 4) is 17.2 Å². The van der Waals surface area contributed by atoms with Gasteiger partial charge in [-0.25, -0.2) is 4.79 Å². The van der Waals surface area contributed by atoms with Gasteiger partial charge in [0.05, 0.1) is 12.7 Å². The third-order valence-electron chi connectivity index (χ3n) is 6.38. The summed E-state index contributed by atoms with van der Waals surface area (Å²) < 4.78 is 21.7. The number of phenolic OH excluding ortho intramolecular Hbond substituents is 1. The normalized spacial score (nSPS) is 22.6. The maximum absolute atomic E-state index is 13.1. The Hall–Kier alpha value is -3.96. The smallest absolute Gasteiger partial charge is 0.338 e. The Balaban J connectivity index is 1.45. The Labute approximate surface area is 225 Å². The van der Waals surface area contributed by atoms with Gasteiger partial charge in [0.25, 0.3) is 0 Å². The van der Waals surface area contributed by atoms with Crippen LogP contribution in [0.4, 0.5) is 0 Å². The van der Waals surface area contributed by atoms with Gasteiger partial charge in [-0.15, -0.1) is 0 Å². The minimum atomic E-state index is -1.70. The maximum Gasteiger partial charge on any atom is 0.338 e. The summed E-state index contributed by atoms with van der Waals surface area (Å²) in [4.78, 5) is 25.4. The molecule has 0 radical (unpaired) electrons. The molecule has 10 nitrogen and oxygen atoms in total. The first kappa shape index (κ1) is 28.1. The number of phenols is 1. The molecule has 0 saturated carbocycles. The number of hydrogen-bond acceptors (Lipinski definition) is 10. The third-order valence-corrected chi connectivity index (χ3v) is 6.38. The average molecular weight is 539 g/mol. The summed E-state index contributed by atoms with van der Waals surface area (Å²) in [6.07, 6.45) is -7.34. The number of carbonyl (C=O) groups excluding carboxylic acids is 2. The Morgan fingerprint density at radius 1 is 0.872 bits per heavy atom. The van der Waals surface area contributed by atoms with Gasteiger partial charge in [0, 0.05) is 6.42 Å². The SMILES string of the molecule is COc1ccc(CCC(=O)c2c(O)cccc2O[C@@H]2O[C@H](COC(=O)c3ccccc3)[C@@H](O)[C@H](O)[C@H]2O)cc1. The Kier molecular flexibility index (Phi) is 9.15. The van der Waals surface area contributed by atoms with Crippen molar-refractivity contribution < 1.29 is 49.0 Å². The highest BCUT2D eigenvalue weighted by Crippen LogP contribution is 2.32. The van der Waals surface area contributed by atoms with E-state index in [9.17, 15) is 30.0 Å². The van der Waals surface area contributed by atoms with E-state index in [0.717, 1.165) is 5.56 Å². The average Bonchev–Trinajstić information content (AvgIpc) is 2.96. The predicted molar refractivity (Wildman–Crippen MR) is 138 cm³/mol. The molecule has 5 atom stereocenters. The molecule has 39 heavy (non-hydrogen) atoms. The molecule has 0 bridgehead atoms. The molecule has 0 amide bonds. The second-order valence-corrected chi connectivity index (χ2v) is 9.02. The van der Waals surface area contributed by atoms with Crippen molar-refractivity contribution in [1.82, 2.24) is 0 Å². The minimum absolute atomic E-state index is 0.0493. The summed E-state index contributed by atoms with van der Waals surface area (Å²) in [5.74, 6) is -0.804. The molecule has 1 aliphatic heterocycles. The van der Waals surface area contributed by atoms with Crippen molar-refractivity contribution in [2.75, 3.05) is 13.7 Å². The van der Waals surface area contributed by atoms with Gasteiger partial charge in [-0.05, 0) is 48.4 Å². The summed E-state index contributed by atoms with van der Waals surface area (Å²) in [7, 11) is 1.56. The first-order valence-electron chi connectivity index (χ1n) is 12.3. The molecule has 1 saturated heterocycles. The Morgan fingerprint density at radius 3 is 2.28 bits per heavy atom. The van der Waals surface area contributed by atoms with E-state index < -0.39 is 49.1 Å². The van der Waals surface area contributed by atoms with E-state index in [-0.39, 0.29) is 29.0 Å². The zero-order valence-electron chi connectivity index (χ0n) is 21.2. The molecule has 1 aliphatic rings. The molecule has 0 spiro atoms. The van der Waals surface area contributed by atoms with Gasteiger partial charge in [-0.3, -0.25) is 4.79 Å². The molecule has 0 aromatic heterocycles. The molecule has 4 rings (SSSR count). The van der Waals surface area contributed by atoms with E-state index in [4.69, 9.17) is 18.9 Å². The van der Waals surface area contributed by atoms with Crippen LogP contribution < -0.4 is 9.47 Å². The maximum atomic E-state index is 13.1. The molecule has 4 N–H and O–H groups in total. The lowest BCUT2D eigenvalue weighted by Gasteiger charge is -2.40. The summed E-state index contributed by atoms with van der Waals surface area (Å²) in [5.41, 5.74) is 1.06. The number of ketones is 1. The largest absolute Gasteiger partial charge is 0.507 e. The van der Waals surface area contributed by atoms with Crippen molar-refractivity contribution >= 4 is 11.8 Å². The van der Waals surface area contributed by atoms with E-state index in [0.29, 0.717) is 12.2 Å². The number of Topliss-reactive ketones (excluding diaryl/α,β-unsaturated/α-hetero) is 1. The number of methoxy groups -OCH3 is 1. The quantitative estimate of drug-likeness (QED) is 0.223. The highest BCUT2D eigenvalue weighted by Gasteiger charge is 2.46. The highest BCUT2D eigenvalue weighted by molar-refractivity contribution is 6.01. The van der Waals surface area contributed by atoms with Crippen LogP contribution in [0.3, 0.4) is 0 Å². The van der Waals surface area contributed by atoms with Gasteiger partial charge in [0.2, 0.25) is 6.29 Å². The highest BCUT2D eigenvalue weighted by atomic mass is 16.7. The Bertz CT molecular complexity index is 1260. The van der Waals surface area contributed by atoms with Gasteiger partial charge in [-0.1, -0.05) is 36.4 Å². The van der Waals surface area contributed by atoms with E-state index in [1.165, 1.54) is 18.2 Å². The van der Waals surface area contributed by atoms with Crippen LogP contribution >= 0.6 is 0 Å². The molecule has 0 aliphatic carbocycles. The fourth-order valence-corrected chi connectivity index (χ4v) is 4.17. The molecular formula is C29H30O10.